The van der Waals surface area contributed by atoms with E-state index in [1.54, 1.807) is 0 Å². The predicted octanol–water partition coefficient (Wildman–Crippen LogP) is 8.62. The van der Waals surface area contributed by atoms with Crippen LogP contribution in [0.5, 0.6) is 0 Å². The molecular formula is C38H31BN3+. The fraction of sp³-hybridized carbons (Fsp3) is 0.0789. The molecule has 2 aliphatic rings. The Labute approximate surface area is 248 Å². The SMILES string of the molecule is Cc1ccccc1C1B2N(c3ccccc3N2c2c(-c3ccccc3)cccc2-c2ccccc2)c2ccc[n+](C)c21. The molecule has 3 heterocycles. The molecule has 0 amide bonds. The average Bonchev–Trinajstić information content (AvgIpc) is 3.55. The second kappa shape index (κ2) is 9.78. The lowest BCUT2D eigenvalue weighted by molar-refractivity contribution is -0.678. The maximum Gasteiger partial charge on any atom is 0.404 e. The van der Waals surface area contributed by atoms with Crippen LogP contribution < -0.4 is 14.2 Å². The number of anilines is 4. The molecule has 0 bridgehead atoms. The van der Waals surface area contributed by atoms with Crippen LogP contribution >= 0.6 is 0 Å². The van der Waals surface area contributed by atoms with Crippen LogP contribution in [-0.2, 0) is 7.05 Å². The van der Waals surface area contributed by atoms with Gasteiger partial charge in [0.05, 0.1) is 22.9 Å². The Morgan fingerprint density at radius 2 is 1.10 bits per heavy atom. The molecule has 3 nitrogen and oxygen atoms in total. The topological polar surface area (TPSA) is 10.4 Å². The molecule has 2 aliphatic heterocycles. The summed E-state index contributed by atoms with van der Waals surface area (Å²) in [5.41, 5.74) is 13.9. The van der Waals surface area contributed by atoms with Crippen molar-refractivity contribution in [2.75, 3.05) is 9.62 Å². The zero-order valence-electron chi connectivity index (χ0n) is 23.9. The maximum absolute atomic E-state index is 2.64. The normalized spacial score (nSPS) is 15.0. The van der Waals surface area contributed by atoms with E-state index in [0.29, 0.717) is 0 Å². The molecule has 1 atom stereocenters. The van der Waals surface area contributed by atoms with E-state index in [1.165, 1.54) is 61.8 Å². The van der Waals surface area contributed by atoms with Gasteiger partial charge in [-0.2, -0.15) is 0 Å². The van der Waals surface area contributed by atoms with Gasteiger partial charge in [0.15, 0.2) is 6.20 Å². The highest BCUT2D eigenvalue weighted by Crippen LogP contribution is 2.58. The third-order valence-electron chi connectivity index (χ3n) is 8.96. The molecule has 42 heavy (non-hydrogen) atoms. The zero-order chi connectivity index (χ0) is 28.2. The smallest absolute Gasteiger partial charge is 0.362 e. The molecule has 0 fully saturated rings. The van der Waals surface area contributed by atoms with E-state index in [1.807, 2.05) is 0 Å². The zero-order valence-corrected chi connectivity index (χ0v) is 23.9. The lowest BCUT2D eigenvalue weighted by atomic mass is 9.57. The second-order valence-corrected chi connectivity index (χ2v) is 11.3. The van der Waals surface area contributed by atoms with Crippen molar-refractivity contribution in [1.29, 1.82) is 0 Å². The molecule has 8 rings (SSSR count). The predicted molar refractivity (Wildman–Crippen MR) is 174 cm³/mol. The van der Waals surface area contributed by atoms with Crippen LogP contribution in [0.4, 0.5) is 22.7 Å². The Kier molecular flexibility index (Phi) is 5.75. The molecule has 0 saturated heterocycles. The van der Waals surface area contributed by atoms with E-state index in [-0.39, 0.29) is 12.8 Å². The fourth-order valence-corrected chi connectivity index (χ4v) is 7.18. The second-order valence-electron chi connectivity index (χ2n) is 11.3. The first-order valence-corrected chi connectivity index (χ1v) is 14.7. The van der Waals surface area contributed by atoms with Crippen LogP contribution in [0, 0.1) is 6.92 Å². The largest absolute Gasteiger partial charge is 0.404 e. The number of nitrogens with zero attached hydrogens (tertiary/aromatic N) is 3. The van der Waals surface area contributed by atoms with Crippen molar-refractivity contribution in [3.8, 4) is 22.3 Å². The number of hydrogen-bond donors (Lipinski definition) is 0. The van der Waals surface area contributed by atoms with Crippen molar-refractivity contribution in [2.45, 2.75) is 12.7 Å². The van der Waals surface area contributed by atoms with E-state index < -0.39 is 0 Å². The van der Waals surface area contributed by atoms with Crippen molar-refractivity contribution < 1.29 is 4.57 Å². The quantitative estimate of drug-likeness (QED) is 0.164. The van der Waals surface area contributed by atoms with Gasteiger partial charge in [0.1, 0.15) is 7.05 Å². The first-order chi connectivity index (χ1) is 20.7. The third-order valence-corrected chi connectivity index (χ3v) is 8.96. The van der Waals surface area contributed by atoms with Crippen molar-refractivity contribution >= 4 is 29.7 Å². The number of benzene rings is 5. The number of fused-ring (bicyclic) bond motifs is 5. The molecule has 200 valence electrons. The van der Waals surface area contributed by atoms with Gasteiger partial charge in [-0.25, -0.2) is 4.57 Å². The minimum atomic E-state index is 0.0272. The Balaban J connectivity index is 1.47. The van der Waals surface area contributed by atoms with Crippen LogP contribution in [0.1, 0.15) is 22.6 Å². The van der Waals surface area contributed by atoms with Crippen molar-refractivity contribution in [3.63, 3.8) is 0 Å². The highest BCUT2D eigenvalue weighted by molar-refractivity contribution is 6.77. The summed E-state index contributed by atoms with van der Waals surface area (Å²) in [6.07, 6.45) is 2.19. The number of para-hydroxylation sites is 3. The van der Waals surface area contributed by atoms with Crippen molar-refractivity contribution in [1.82, 2.24) is 0 Å². The monoisotopic (exact) mass is 540 g/mol. The molecular weight excluding hydrogens is 509 g/mol. The van der Waals surface area contributed by atoms with E-state index in [2.05, 4.69) is 174 Å². The Bertz CT molecular complexity index is 1880. The number of aryl methyl sites for hydroxylation is 2. The third kappa shape index (κ3) is 3.65. The molecule has 0 radical (unpaired) electrons. The maximum atomic E-state index is 2.64. The highest BCUT2D eigenvalue weighted by atomic mass is 15.3. The van der Waals surface area contributed by atoms with Crippen molar-refractivity contribution in [3.05, 3.63) is 163 Å². The molecule has 6 aromatic rings. The van der Waals surface area contributed by atoms with Gasteiger partial charge in [-0.1, -0.05) is 115 Å². The summed E-state index contributed by atoms with van der Waals surface area (Å²) < 4.78 is 2.33. The van der Waals surface area contributed by atoms with Gasteiger partial charge >= 0.3 is 6.98 Å². The van der Waals surface area contributed by atoms with Gasteiger partial charge in [0, 0.05) is 22.9 Å². The van der Waals surface area contributed by atoms with E-state index in [0.717, 1.165) is 0 Å². The van der Waals surface area contributed by atoms with Gasteiger partial charge in [-0.05, 0) is 47.4 Å². The highest BCUT2D eigenvalue weighted by Gasteiger charge is 2.58. The van der Waals surface area contributed by atoms with Gasteiger partial charge in [-0.3, -0.25) is 0 Å². The molecule has 5 aromatic carbocycles. The van der Waals surface area contributed by atoms with Crippen LogP contribution in [0.25, 0.3) is 22.3 Å². The van der Waals surface area contributed by atoms with E-state index in [9.17, 15) is 0 Å². The van der Waals surface area contributed by atoms with Gasteiger partial charge in [0.25, 0.3) is 0 Å². The standard InChI is InChI=1S/C38H31BN3/c1-27-15-9-10-20-30(27)36-38-35(25-14-26-40(38)2)41-33-23-11-12-24-34(33)42(39(36)41)37-31(28-16-5-3-6-17-28)21-13-22-32(37)29-18-7-4-8-19-29/h3-26,36H,1-2H3/q+1. The summed E-state index contributed by atoms with van der Waals surface area (Å²) in [5.74, 6) is 0.132. The Morgan fingerprint density at radius 1 is 0.548 bits per heavy atom. The van der Waals surface area contributed by atoms with Gasteiger partial charge < -0.3 is 9.62 Å². The summed E-state index contributed by atoms with van der Waals surface area (Å²) >= 11 is 0. The fourth-order valence-electron chi connectivity index (χ4n) is 7.18. The number of aromatic nitrogens is 1. The average molecular weight is 540 g/mol. The van der Waals surface area contributed by atoms with Gasteiger partial charge in [0.2, 0.25) is 5.69 Å². The Morgan fingerprint density at radius 3 is 1.74 bits per heavy atom. The van der Waals surface area contributed by atoms with Gasteiger partial charge in [-0.15, -0.1) is 0 Å². The first-order valence-electron chi connectivity index (χ1n) is 14.7. The summed E-state index contributed by atoms with van der Waals surface area (Å²) in [6, 6.07) is 50.8. The summed E-state index contributed by atoms with van der Waals surface area (Å²) in [5, 5.41) is 0. The van der Waals surface area contributed by atoms with E-state index >= 15 is 0 Å². The summed E-state index contributed by atoms with van der Waals surface area (Å²) in [4.78, 5) is 5.22. The minimum Gasteiger partial charge on any atom is -0.362 e. The van der Waals surface area contributed by atoms with Crippen LogP contribution in [0.15, 0.2) is 146 Å². The molecule has 0 N–H and O–H groups in total. The Hall–Kier alpha value is -5.09. The minimum absolute atomic E-state index is 0.0272. The molecule has 1 unspecified atom stereocenters. The lowest BCUT2D eigenvalue weighted by Crippen LogP contribution is -2.46. The molecule has 0 spiro atoms. The number of rotatable bonds is 4. The summed E-state index contributed by atoms with van der Waals surface area (Å²) in [6.45, 7) is 2.28. The first kappa shape index (κ1) is 24.7. The molecule has 0 saturated carbocycles. The summed E-state index contributed by atoms with van der Waals surface area (Å²) in [7, 11) is 2.19. The number of pyridine rings is 1. The van der Waals surface area contributed by atoms with E-state index in [4.69, 9.17) is 0 Å². The number of hydrogen-bond acceptors (Lipinski definition) is 2. The van der Waals surface area contributed by atoms with Crippen LogP contribution in [0.3, 0.4) is 0 Å². The lowest BCUT2D eigenvalue weighted by Gasteiger charge is -2.32. The van der Waals surface area contributed by atoms with Crippen LogP contribution in [0.2, 0.25) is 0 Å². The molecule has 1 aromatic heterocycles. The molecule has 0 aliphatic carbocycles. The molecule has 4 heteroatoms. The van der Waals surface area contributed by atoms with Crippen molar-refractivity contribution in [2.24, 2.45) is 7.05 Å². The van der Waals surface area contributed by atoms with Crippen LogP contribution in [-0.4, -0.2) is 6.98 Å².